The SMILES string of the molecule is O=C(CN1CCc2ccccc21)NC1CCCN(c2cccc(F)c2)C1. The molecule has 1 unspecified atom stereocenters. The van der Waals surface area contributed by atoms with E-state index in [0.29, 0.717) is 6.54 Å². The van der Waals surface area contributed by atoms with Crippen LogP contribution in [0.4, 0.5) is 15.8 Å². The Morgan fingerprint density at radius 2 is 2.04 bits per heavy atom. The first-order chi connectivity index (χ1) is 12.7. The second-order valence-corrected chi connectivity index (χ2v) is 7.13. The van der Waals surface area contributed by atoms with Crippen LogP contribution in [0, 0.1) is 5.82 Å². The van der Waals surface area contributed by atoms with Crippen molar-refractivity contribution in [1.82, 2.24) is 5.32 Å². The summed E-state index contributed by atoms with van der Waals surface area (Å²) in [5, 5.41) is 3.17. The Hall–Kier alpha value is -2.56. The summed E-state index contributed by atoms with van der Waals surface area (Å²) in [5.74, 6) is -0.158. The summed E-state index contributed by atoms with van der Waals surface area (Å²) in [7, 11) is 0. The maximum absolute atomic E-state index is 13.5. The molecule has 4 nitrogen and oxygen atoms in total. The molecular weight excluding hydrogens is 329 g/mol. The van der Waals surface area contributed by atoms with E-state index in [2.05, 4.69) is 27.2 Å². The van der Waals surface area contributed by atoms with Gasteiger partial charge in [0.2, 0.25) is 5.91 Å². The van der Waals surface area contributed by atoms with Crippen molar-refractivity contribution in [1.29, 1.82) is 0 Å². The number of amides is 1. The fourth-order valence-corrected chi connectivity index (χ4v) is 4.02. The Bertz CT molecular complexity index is 794. The molecule has 2 aromatic carbocycles. The summed E-state index contributed by atoms with van der Waals surface area (Å²) in [6.45, 7) is 2.92. The van der Waals surface area contributed by atoms with E-state index < -0.39 is 0 Å². The number of anilines is 2. The second kappa shape index (κ2) is 7.36. The van der Waals surface area contributed by atoms with Crippen LogP contribution in [0.15, 0.2) is 48.5 Å². The van der Waals surface area contributed by atoms with Gasteiger partial charge in [-0.15, -0.1) is 0 Å². The first-order valence-corrected chi connectivity index (χ1v) is 9.32. The summed E-state index contributed by atoms with van der Waals surface area (Å²) in [6, 6.07) is 15.1. The zero-order valence-electron chi connectivity index (χ0n) is 14.8. The highest BCUT2D eigenvalue weighted by Gasteiger charge is 2.24. The molecule has 1 fully saturated rings. The van der Waals surface area contributed by atoms with Crippen molar-refractivity contribution in [2.24, 2.45) is 0 Å². The number of carbonyl (C=O) groups excluding carboxylic acids is 1. The van der Waals surface area contributed by atoms with Gasteiger partial charge in [-0.2, -0.15) is 0 Å². The first kappa shape index (κ1) is 16.9. The van der Waals surface area contributed by atoms with Gasteiger partial charge in [-0.1, -0.05) is 24.3 Å². The molecule has 1 saturated heterocycles. The normalized spacial score (nSPS) is 19.3. The highest BCUT2D eigenvalue weighted by molar-refractivity contribution is 5.82. The topological polar surface area (TPSA) is 35.6 Å². The van der Waals surface area contributed by atoms with Crippen LogP contribution in [0.5, 0.6) is 0 Å². The molecule has 0 aliphatic carbocycles. The Morgan fingerprint density at radius 3 is 2.92 bits per heavy atom. The third-order valence-electron chi connectivity index (χ3n) is 5.28. The number of para-hydroxylation sites is 1. The van der Waals surface area contributed by atoms with Gasteiger partial charge in [0.1, 0.15) is 5.82 Å². The molecule has 0 saturated carbocycles. The summed E-state index contributed by atoms with van der Waals surface area (Å²) in [4.78, 5) is 16.8. The smallest absolute Gasteiger partial charge is 0.239 e. The van der Waals surface area contributed by atoms with Crippen LogP contribution in [0.1, 0.15) is 18.4 Å². The minimum atomic E-state index is -0.221. The van der Waals surface area contributed by atoms with Crippen LogP contribution in [0.2, 0.25) is 0 Å². The molecule has 1 amide bonds. The lowest BCUT2D eigenvalue weighted by Gasteiger charge is -2.35. The fourth-order valence-electron chi connectivity index (χ4n) is 4.02. The fraction of sp³-hybridized carbons (Fsp3) is 0.381. The van der Waals surface area contributed by atoms with Crippen LogP contribution >= 0.6 is 0 Å². The van der Waals surface area contributed by atoms with Crippen molar-refractivity contribution < 1.29 is 9.18 Å². The van der Waals surface area contributed by atoms with E-state index in [-0.39, 0.29) is 17.8 Å². The molecule has 1 atom stereocenters. The predicted octanol–water partition coefficient (Wildman–Crippen LogP) is 2.97. The number of nitrogens with one attached hydrogen (secondary N) is 1. The van der Waals surface area contributed by atoms with Gasteiger partial charge in [0.25, 0.3) is 0 Å². The van der Waals surface area contributed by atoms with Crippen LogP contribution in [0.3, 0.4) is 0 Å². The van der Waals surface area contributed by atoms with E-state index in [1.165, 1.54) is 17.3 Å². The predicted molar refractivity (Wildman–Crippen MR) is 102 cm³/mol. The van der Waals surface area contributed by atoms with Crippen molar-refractivity contribution >= 4 is 17.3 Å². The molecule has 2 heterocycles. The number of hydrogen-bond acceptors (Lipinski definition) is 3. The summed E-state index contributed by atoms with van der Waals surface area (Å²) >= 11 is 0. The van der Waals surface area contributed by atoms with Gasteiger partial charge in [0.15, 0.2) is 0 Å². The molecule has 136 valence electrons. The molecule has 0 aromatic heterocycles. The summed E-state index contributed by atoms with van der Waals surface area (Å²) in [5.41, 5.74) is 3.38. The van der Waals surface area contributed by atoms with Gasteiger partial charge in [0, 0.05) is 37.1 Å². The lowest BCUT2D eigenvalue weighted by molar-refractivity contribution is -0.120. The van der Waals surface area contributed by atoms with Crippen molar-refractivity contribution in [2.45, 2.75) is 25.3 Å². The number of benzene rings is 2. The van der Waals surface area contributed by atoms with Crippen molar-refractivity contribution in [3.8, 4) is 0 Å². The molecule has 2 aliphatic heterocycles. The van der Waals surface area contributed by atoms with Crippen molar-refractivity contribution in [3.05, 3.63) is 59.9 Å². The zero-order valence-corrected chi connectivity index (χ0v) is 14.8. The van der Waals surface area contributed by atoms with Gasteiger partial charge in [-0.05, 0) is 49.1 Å². The number of rotatable bonds is 4. The molecule has 5 heteroatoms. The lowest BCUT2D eigenvalue weighted by atomic mass is 10.0. The van der Waals surface area contributed by atoms with Crippen LogP contribution in [-0.4, -0.2) is 38.1 Å². The number of halogens is 1. The monoisotopic (exact) mass is 353 g/mol. The molecule has 0 bridgehead atoms. The Labute approximate surface area is 153 Å². The average molecular weight is 353 g/mol. The number of piperidine rings is 1. The van der Waals surface area contributed by atoms with Crippen molar-refractivity contribution in [2.75, 3.05) is 36.0 Å². The zero-order chi connectivity index (χ0) is 17.9. The Morgan fingerprint density at radius 1 is 1.15 bits per heavy atom. The third-order valence-corrected chi connectivity index (χ3v) is 5.28. The van der Waals surface area contributed by atoms with Gasteiger partial charge in [0.05, 0.1) is 6.54 Å². The number of hydrogen-bond donors (Lipinski definition) is 1. The second-order valence-electron chi connectivity index (χ2n) is 7.13. The average Bonchev–Trinajstić information content (AvgIpc) is 3.05. The first-order valence-electron chi connectivity index (χ1n) is 9.32. The van der Waals surface area contributed by atoms with Crippen LogP contribution in [0.25, 0.3) is 0 Å². The maximum Gasteiger partial charge on any atom is 0.239 e. The van der Waals surface area contributed by atoms with E-state index >= 15 is 0 Å². The molecule has 1 N–H and O–H groups in total. The van der Waals surface area contributed by atoms with Gasteiger partial charge in [-0.25, -0.2) is 4.39 Å². The third kappa shape index (κ3) is 3.66. The maximum atomic E-state index is 13.5. The van der Waals surface area contributed by atoms with E-state index in [4.69, 9.17) is 0 Å². The highest BCUT2D eigenvalue weighted by atomic mass is 19.1. The minimum absolute atomic E-state index is 0.0628. The summed E-state index contributed by atoms with van der Waals surface area (Å²) < 4.78 is 13.5. The minimum Gasteiger partial charge on any atom is -0.369 e. The lowest BCUT2D eigenvalue weighted by Crippen LogP contribution is -2.50. The van der Waals surface area contributed by atoms with E-state index in [9.17, 15) is 9.18 Å². The number of fused-ring (bicyclic) bond motifs is 1. The molecule has 26 heavy (non-hydrogen) atoms. The molecule has 4 rings (SSSR count). The highest BCUT2D eigenvalue weighted by Crippen LogP contribution is 2.27. The van der Waals surface area contributed by atoms with Crippen LogP contribution < -0.4 is 15.1 Å². The largest absolute Gasteiger partial charge is 0.369 e. The van der Waals surface area contributed by atoms with Crippen LogP contribution in [-0.2, 0) is 11.2 Å². The molecule has 2 aliphatic rings. The Kier molecular flexibility index (Phi) is 4.78. The standard InChI is InChI=1S/C21H24FN3O/c22-17-6-3-8-19(13-17)24-11-4-7-18(14-24)23-21(26)15-25-12-10-16-5-1-2-9-20(16)25/h1-3,5-6,8-9,13,18H,4,7,10-12,14-15H2,(H,23,26). The number of carbonyl (C=O) groups is 1. The van der Waals surface area contributed by atoms with E-state index in [0.717, 1.165) is 44.6 Å². The molecule has 2 aromatic rings. The van der Waals surface area contributed by atoms with Gasteiger partial charge >= 0.3 is 0 Å². The van der Waals surface area contributed by atoms with E-state index in [1.807, 2.05) is 18.2 Å². The Balaban J connectivity index is 1.34. The van der Waals surface area contributed by atoms with E-state index in [1.54, 1.807) is 12.1 Å². The quantitative estimate of drug-likeness (QED) is 0.918. The number of nitrogens with zero attached hydrogens (tertiary/aromatic N) is 2. The molecule has 0 spiro atoms. The molecule has 0 radical (unpaired) electrons. The van der Waals surface area contributed by atoms with Gasteiger partial charge < -0.3 is 15.1 Å². The van der Waals surface area contributed by atoms with Gasteiger partial charge in [-0.3, -0.25) is 4.79 Å². The summed E-state index contributed by atoms with van der Waals surface area (Å²) in [6.07, 6.45) is 2.96. The van der Waals surface area contributed by atoms with Crippen molar-refractivity contribution in [3.63, 3.8) is 0 Å². The molecular formula is C21H24FN3O.